The van der Waals surface area contributed by atoms with Crippen LogP contribution in [0.3, 0.4) is 0 Å². The van der Waals surface area contributed by atoms with Gasteiger partial charge in [-0.05, 0) is 69.7 Å². The fraction of sp³-hybridized carbons (Fsp3) is 0.667. The lowest BCUT2D eigenvalue weighted by molar-refractivity contribution is 0.0649. The molecule has 1 unspecified atom stereocenters. The Morgan fingerprint density at radius 3 is 2.26 bits per heavy atom. The summed E-state index contributed by atoms with van der Waals surface area (Å²) in [7, 11) is -3.50. The number of hydrogen-bond acceptors (Lipinski definition) is 3. The van der Waals surface area contributed by atoms with Crippen molar-refractivity contribution < 1.29 is 13.2 Å². The minimum Gasteiger partial charge on any atom is -0.333 e. The predicted molar refractivity (Wildman–Crippen MR) is 107 cm³/mol. The van der Waals surface area contributed by atoms with Crippen LogP contribution >= 0.6 is 0 Å². The van der Waals surface area contributed by atoms with E-state index in [1.807, 2.05) is 11.8 Å². The Kier molecular flexibility index (Phi) is 6.26. The van der Waals surface area contributed by atoms with Gasteiger partial charge in [-0.25, -0.2) is 8.42 Å². The molecule has 1 saturated heterocycles. The zero-order valence-electron chi connectivity index (χ0n) is 16.7. The van der Waals surface area contributed by atoms with E-state index in [1.165, 1.54) is 0 Å². The Bertz CT molecular complexity index is 752. The number of sulfonamides is 1. The molecule has 3 rings (SSSR count). The molecule has 1 heterocycles. The van der Waals surface area contributed by atoms with E-state index in [0.717, 1.165) is 44.9 Å². The van der Waals surface area contributed by atoms with E-state index in [0.29, 0.717) is 18.2 Å². The monoisotopic (exact) mass is 392 g/mol. The maximum absolute atomic E-state index is 13.1. The highest BCUT2D eigenvalue weighted by atomic mass is 32.2. The lowest BCUT2D eigenvalue weighted by atomic mass is 10.1. The van der Waals surface area contributed by atoms with Crippen LogP contribution in [-0.4, -0.2) is 48.2 Å². The van der Waals surface area contributed by atoms with Crippen LogP contribution in [0.1, 0.15) is 76.1 Å². The first kappa shape index (κ1) is 20.3. The van der Waals surface area contributed by atoms with Crippen LogP contribution < -0.4 is 0 Å². The van der Waals surface area contributed by atoms with Crippen molar-refractivity contribution in [1.82, 2.24) is 9.21 Å². The summed E-state index contributed by atoms with van der Waals surface area (Å²) in [4.78, 5) is 15.4. The van der Waals surface area contributed by atoms with Crippen LogP contribution in [0.5, 0.6) is 0 Å². The first-order valence-electron chi connectivity index (χ1n) is 10.3. The topological polar surface area (TPSA) is 57.7 Å². The third-order valence-electron chi connectivity index (χ3n) is 5.96. The summed E-state index contributed by atoms with van der Waals surface area (Å²) in [5.41, 5.74) is 0.583. The van der Waals surface area contributed by atoms with Crippen molar-refractivity contribution in [3.8, 4) is 0 Å². The van der Waals surface area contributed by atoms with E-state index in [4.69, 9.17) is 0 Å². The lowest BCUT2D eigenvalue weighted by Crippen LogP contribution is -2.42. The molecule has 150 valence electrons. The number of nitrogens with zero attached hydrogens (tertiary/aromatic N) is 2. The average Bonchev–Trinajstić information content (AvgIpc) is 3.50. The molecule has 0 radical (unpaired) electrons. The van der Waals surface area contributed by atoms with Gasteiger partial charge in [0.2, 0.25) is 10.0 Å². The largest absolute Gasteiger partial charge is 0.333 e. The predicted octanol–water partition coefficient (Wildman–Crippen LogP) is 4.04. The molecule has 5 nitrogen and oxygen atoms in total. The minimum atomic E-state index is -3.50. The summed E-state index contributed by atoms with van der Waals surface area (Å²) >= 11 is 0. The van der Waals surface area contributed by atoms with Crippen molar-refractivity contribution in [3.63, 3.8) is 0 Å². The molecule has 1 aliphatic heterocycles. The van der Waals surface area contributed by atoms with Crippen molar-refractivity contribution in [2.75, 3.05) is 6.54 Å². The van der Waals surface area contributed by atoms with E-state index in [2.05, 4.69) is 13.8 Å². The zero-order valence-corrected chi connectivity index (χ0v) is 17.5. The minimum absolute atomic E-state index is 0.0292. The number of piperidine rings is 1. The Balaban J connectivity index is 1.81. The van der Waals surface area contributed by atoms with Gasteiger partial charge in [0.15, 0.2) is 0 Å². The summed E-state index contributed by atoms with van der Waals surface area (Å²) in [6.07, 6.45) is 6.92. The maximum Gasteiger partial charge on any atom is 0.254 e. The summed E-state index contributed by atoms with van der Waals surface area (Å²) in [6.45, 7) is 6.78. The van der Waals surface area contributed by atoms with Crippen LogP contribution in [-0.2, 0) is 10.0 Å². The van der Waals surface area contributed by atoms with Gasteiger partial charge in [-0.3, -0.25) is 4.79 Å². The molecule has 2 fully saturated rings. The number of amides is 1. The van der Waals surface area contributed by atoms with E-state index < -0.39 is 10.0 Å². The third kappa shape index (κ3) is 4.21. The van der Waals surface area contributed by atoms with Crippen LogP contribution in [0.2, 0.25) is 0 Å². The van der Waals surface area contributed by atoms with Gasteiger partial charge in [-0.15, -0.1) is 0 Å². The van der Waals surface area contributed by atoms with Gasteiger partial charge in [0.25, 0.3) is 5.91 Å². The van der Waals surface area contributed by atoms with E-state index in [1.54, 1.807) is 28.6 Å². The number of carbonyl (C=O) groups is 1. The first-order chi connectivity index (χ1) is 12.9. The highest BCUT2D eigenvalue weighted by Crippen LogP contribution is 2.32. The van der Waals surface area contributed by atoms with Crippen molar-refractivity contribution in [1.29, 1.82) is 0 Å². The van der Waals surface area contributed by atoms with Gasteiger partial charge in [0, 0.05) is 30.2 Å². The fourth-order valence-electron chi connectivity index (χ4n) is 4.15. The SMILES string of the molecule is CCC(CC)N(C(=O)c1ccc(S(=O)(=O)N2CCCCC2C)cc1)C1CC1. The second kappa shape index (κ2) is 8.31. The number of carbonyl (C=O) groups excluding carboxylic acids is 1. The number of hydrogen-bond donors (Lipinski definition) is 0. The number of benzene rings is 1. The highest BCUT2D eigenvalue weighted by Gasteiger charge is 2.37. The summed E-state index contributed by atoms with van der Waals surface area (Å²) in [5.74, 6) is 0.0292. The van der Waals surface area contributed by atoms with Crippen molar-refractivity contribution in [2.24, 2.45) is 0 Å². The Morgan fingerprint density at radius 1 is 1.11 bits per heavy atom. The molecule has 0 bridgehead atoms. The second-order valence-electron chi connectivity index (χ2n) is 7.90. The molecule has 1 atom stereocenters. The molecule has 1 aromatic carbocycles. The molecule has 1 aliphatic carbocycles. The number of rotatable bonds is 7. The molecule has 1 aromatic rings. The molecule has 6 heteroatoms. The average molecular weight is 393 g/mol. The van der Waals surface area contributed by atoms with Gasteiger partial charge in [0.1, 0.15) is 0 Å². The summed E-state index contributed by atoms with van der Waals surface area (Å²) in [6, 6.07) is 7.19. The fourth-order valence-corrected chi connectivity index (χ4v) is 5.85. The quantitative estimate of drug-likeness (QED) is 0.703. The van der Waals surface area contributed by atoms with E-state index in [9.17, 15) is 13.2 Å². The Hall–Kier alpha value is -1.40. The highest BCUT2D eigenvalue weighted by molar-refractivity contribution is 7.89. The molecule has 1 saturated carbocycles. The molecular formula is C21H32N2O3S. The van der Waals surface area contributed by atoms with Crippen LogP contribution in [0, 0.1) is 0 Å². The molecule has 1 amide bonds. The molecule has 0 N–H and O–H groups in total. The molecule has 2 aliphatic rings. The lowest BCUT2D eigenvalue weighted by Gasteiger charge is -2.32. The zero-order chi connectivity index (χ0) is 19.6. The van der Waals surface area contributed by atoms with E-state index in [-0.39, 0.29) is 22.9 Å². The van der Waals surface area contributed by atoms with Crippen molar-refractivity contribution in [3.05, 3.63) is 29.8 Å². The van der Waals surface area contributed by atoms with E-state index >= 15 is 0 Å². The third-order valence-corrected chi connectivity index (χ3v) is 7.99. The first-order valence-corrected chi connectivity index (χ1v) is 11.8. The molecule has 0 spiro atoms. The Morgan fingerprint density at radius 2 is 1.74 bits per heavy atom. The second-order valence-corrected chi connectivity index (χ2v) is 9.79. The maximum atomic E-state index is 13.1. The van der Waals surface area contributed by atoms with Crippen LogP contribution in [0.25, 0.3) is 0 Å². The smallest absolute Gasteiger partial charge is 0.254 e. The molecular weight excluding hydrogens is 360 g/mol. The van der Waals surface area contributed by atoms with Gasteiger partial charge in [0.05, 0.1) is 4.90 Å². The van der Waals surface area contributed by atoms with Crippen LogP contribution in [0.15, 0.2) is 29.2 Å². The Labute approximate surface area is 163 Å². The van der Waals surface area contributed by atoms with Gasteiger partial charge >= 0.3 is 0 Å². The van der Waals surface area contributed by atoms with Gasteiger partial charge in [-0.1, -0.05) is 20.3 Å². The molecule has 27 heavy (non-hydrogen) atoms. The van der Waals surface area contributed by atoms with Crippen molar-refractivity contribution in [2.45, 2.75) is 88.7 Å². The summed E-state index contributed by atoms with van der Waals surface area (Å²) < 4.78 is 27.5. The normalized spacial score (nSPS) is 21.4. The van der Waals surface area contributed by atoms with Gasteiger partial charge in [-0.2, -0.15) is 4.31 Å². The summed E-state index contributed by atoms with van der Waals surface area (Å²) in [5, 5.41) is 0. The van der Waals surface area contributed by atoms with Gasteiger partial charge < -0.3 is 4.90 Å². The van der Waals surface area contributed by atoms with Crippen LogP contribution in [0.4, 0.5) is 0 Å². The standard InChI is InChI=1S/C21H32N2O3S/c1-4-18(5-2)23(19-11-12-19)21(24)17-9-13-20(14-10-17)27(25,26)22-15-7-6-8-16(22)3/h9-10,13-14,16,18-19H,4-8,11-12,15H2,1-3H3. The molecule has 0 aromatic heterocycles. The van der Waals surface area contributed by atoms with Crippen molar-refractivity contribution >= 4 is 15.9 Å².